The number of nitrogens with one attached hydrogen (secondary N) is 3. The molecule has 0 spiro atoms. The van der Waals surface area contributed by atoms with Crippen LogP contribution in [0.1, 0.15) is 6.92 Å². The highest BCUT2D eigenvalue weighted by Crippen LogP contribution is 2.35. The minimum absolute atomic E-state index is 0.231. The third kappa shape index (κ3) is 3.80. The summed E-state index contributed by atoms with van der Waals surface area (Å²) < 4.78 is 18.4. The summed E-state index contributed by atoms with van der Waals surface area (Å²) in [7, 11) is 0. The van der Waals surface area contributed by atoms with E-state index in [2.05, 4.69) is 20.6 Å². The molecule has 0 aliphatic rings. The maximum absolute atomic E-state index is 13.7. The van der Waals surface area contributed by atoms with Gasteiger partial charge in [-0.15, -0.1) is 0 Å². The average Bonchev–Trinajstić information content (AvgIpc) is 2.99. The summed E-state index contributed by atoms with van der Waals surface area (Å²) in [5, 5.41) is 5.60. The molecule has 2 heterocycles. The molecule has 0 fully saturated rings. The molecule has 7 nitrogen and oxygen atoms in total. The zero-order chi connectivity index (χ0) is 18.5. The van der Waals surface area contributed by atoms with Gasteiger partial charge >= 0.3 is 12.0 Å². The Morgan fingerprint density at radius 2 is 2.15 bits per heavy atom. The van der Waals surface area contributed by atoms with Gasteiger partial charge in [0.1, 0.15) is 12.4 Å². The van der Waals surface area contributed by atoms with Crippen LogP contribution in [-0.2, 0) is 9.53 Å². The van der Waals surface area contributed by atoms with E-state index >= 15 is 0 Å². The number of aromatic amines is 1. The second-order valence-corrected chi connectivity index (χ2v) is 5.42. The monoisotopic (exact) mass is 356 g/mol. The first-order valence-corrected chi connectivity index (χ1v) is 8.00. The van der Waals surface area contributed by atoms with Crippen molar-refractivity contribution in [1.82, 2.24) is 15.3 Å². The fourth-order valence-electron chi connectivity index (χ4n) is 2.54. The molecule has 3 rings (SSSR count). The molecule has 0 bridgehead atoms. The number of ether oxygens (including phenoxy) is 1. The smallest absolute Gasteiger partial charge is 0.325 e. The summed E-state index contributed by atoms with van der Waals surface area (Å²) in [6.07, 6.45) is 3.26. The minimum Gasteiger partial charge on any atom is -0.465 e. The van der Waals surface area contributed by atoms with Crippen LogP contribution in [0.15, 0.2) is 42.7 Å². The molecule has 0 unspecified atom stereocenters. The maximum atomic E-state index is 13.7. The highest BCUT2D eigenvalue weighted by Gasteiger charge is 2.17. The van der Waals surface area contributed by atoms with E-state index < -0.39 is 17.8 Å². The third-order valence-corrected chi connectivity index (χ3v) is 3.65. The number of amides is 2. The predicted octanol–water partition coefficient (Wildman–Crippen LogP) is 3.05. The van der Waals surface area contributed by atoms with Crippen LogP contribution in [0, 0.1) is 5.82 Å². The number of aromatic nitrogens is 2. The number of carbonyl (C=O) groups is 2. The Morgan fingerprint density at radius 3 is 2.88 bits per heavy atom. The van der Waals surface area contributed by atoms with Crippen molar-refractivity contribution in [2.24, 2.45) is 0 Å². The molecule has 0 aliphatic heterocycles. The molecule has 1 aromatic carbocycles. The molecule has 2 aromatic heterocycles. The number of fused-ring (bicyclic) bond motifs is 1. The Hall–Kier alpha value is -3.42. The SMILES string of the molecule is CCOC(=O)CNC(=O)Nc1c(-c2cccnc2)[nH]c2ccc(F)cc12. The third-order valence-electron chi connectivity index (χ3n) is 3.65. The van der Waals surface area contributed by atoms with Crippen LogP contribution in [0.3, 0.4) is 0 Å². The average molecular weight is 356 g/mol. The number of benzene rings is 1. The Kier molecular flexibility index (Phi) is 5.12. The molecule has 0 radical (unpaired) electrons. The molecule has 0 saturated carbocycles. The van der Waals surface area contributed by atoms with Gasteiger partial charge in [-0.1, -0.05) is 0 Å². The zero-order valence-electron chi connectivity index (χ0n) is 14.0. The van der Waals surface area contributed by atoms with Gasteiger partial charge in [0.15, 0.2) is 0 Å². The first-order valence-electron chi connectivity index (χ1n) is 8.00. The first-order chi connectivity index (χ1) is 12.6. The molecule has 134 valence electrons. The van der Waals surface area contributed by atoms with Gasteiger partial charge in [0.05, 0.1) is 18.0 Å². The fourth-order valence-corrected chi connectivity index (χ4v) is 2.54. The van der Waals surface area contributed by atoms with Gasteiger partial charge in [0.25, 0.3) is 0 Å². The summed E-state index contributed by atoms with van der Waals surface area (Å²) in [5.41, 5.74) is 2.37. The van der Waals surface area contributed by atoms with Crippen molar-refractivity contribution in [3.8, 4) is 11.3 Å². The summed E-state index contributed by atoms with van der Waals surface area (Å²) in [6, 6.07) is 7.21. The normalized spacial score (nSPS) is 10.5. The van der Waals surface area contributed by atoms with Gasteiger partial charge in [-0.3, -0.25) is 9.78 Å². The molecule has 0 atom stereocenters. The van der Waals surface area contributed by atoms with E-state index in [9.17, 15) is 14.0 Å². The van der Waals surface area contributed by atoms with Crippen LogP contribution in [0.4, 0.5) is 14.9 Å². The number of hydrogen-bond acceptors (Lipinski definition) is 4. The Balaban J connectivity index is 1.91. The van der Waals surface area contributed by atoms with Crippen LogP contribution in [0.2, 0.25) is 0 Å². The van der Waals surface area contributed by atoms with Crippen LogP contribution < -0.4 is 10.6 Å². The van der Waals surface area contributed by atoms with E-state index in [-0.39, 0.29) is 13.2 Å². The topological polar surface area (TPSA) is 96.1 Å². The molecular weight excluding hydrogens is 339 g/mol. The number of nitrogens with zero attached hydrogens (tertiary/aromatic N) is 1. The van der Waals surface area contributed by atoms with Crippen molar-refractivity contribution in [3.05, 3.63) is 48.5 Å². The van der Waals surface area contributed by atoms with E-state index in [1.807, 2.05) is 6.07 Å². The number of rotatable bonds is 5. The lowest BCUT2D eigenvalue weighted by molar-refractivity contribution is -0.141. The molecule has 2 amide bonds. The summed E-state index contributed by atoms with van der Waals surface area (Å²) in [6.45, 7) is 1.65. The van der Waals surface area contributed by atoms with E-state index in [1.165, 1.54) is 12.1 Å². The number of halogens is 1. The lowest BCUT2D eigenvalue weighted by Gasteiger charge is -2.09. The van der Waals surface area contributed by atoms with Crippen molar-refractivity contribution in [3.63, 3.8) is 0 Å². The largest absolute Gasteiger partial charge is 0.465 e. The number of carbonyl (C=O) groups excluding carboxylic acids is 2. The van der Waals surface area contributed by atoms with Crippen molar-refractivity contribution in [2.75, 3.05) is 18.5 Å². The van der Waals surface area contributed by atoms with E-state index in [1.54, 1.807) is 31.5 Å². The molecule has 8 heteroatoms. The van der Waals surface area contributed by atoms with Crippen molar-refractivity contribution in [2.45, 2.75) is 6.92 Å². The number of anilines is 1. The van der Waals surface area contributed by atoms with Crippen LogP contribution in [0.25, 0.3) is 22.2 Å². The number of H-pyrrole nitrogens is 1. The van der Waals surface area contributed by atoms with Crippen LogP contribution >= 0.6 is 0 Å². The van der Waals surface area contributed by atoms with E-state index in [0.717, 1.165) is 5.56 Å². The number of urea groups is 1. The second-order valence-electron chi connectivity index (χ2n) is 5.42. The van der Waals surface area contributed by atoms with Gasteiger partial charge in [0, 0.05) is 28.9 Å². The van der Waals surface area contributed by atoms with E-state index in [4.69, 9.17) is 4.74 Å². The Bertz CT molecular complexity index is 940. The highest BCUT2D eigenvalue weighted by molar-refractivity contribution is 6.07. The van der Waals surface area contributed by atoms with Crippen molar-refractivity contribution < 1.29 is 18.7 Å². The first kappa shape index (κ1) is 17.4. The van der Waals surface area contributed by atoms with Gasteiger partial charge < -0.3 is 20.4 Å². The molecular formula is C18H17FN4O3. The van der Waals surface area contributed by atoms with Crippen LogP contribution in [-0.4, -0.2) is 35.1 Å². The molecule has 26 heavy (non-hydrogen) atoms. The van der Waals surface area contributed by atoms with Gasteiger partial charge in [-0.25, -0.2) is 9.18 Å². The number of pyridine rings is 1. The van der Waals surface area contributed by atoms with E-state index in [0.29, 0.717) is 22.3 Å². The Morgan fingerprint density at radius 1 is 1.31 bits per heavy atom. The minimum atomic E-state index is -0.603. The Labute approximate surface area is 148 Å². The summed E-state index contributed by atoms with van der Waals surface area (Å²) in [4.78, 5) is 30.8. The van der Waals surface area contributed by atoms with Crippen LogP contribution in [0.5, 0.6) is 0 Å². The quantitative estimate of drug-likeness (QED) is 0.612. The lowest BCUT2D eigenvalue weighted by Crippen LogP contribution is -2.34. The fraction of sp³-hybridized carbons (Fsp3) is 0.167. The van der Waals surface area contributed by atoms with Crippen molar-refractivity contribution >= 4 is 28.6 Å². The second kappa shape index (κ2) is 7.64. The molecule has 0 saturated heterocycles. The van der Waals surface area contributed by atoms with Gasteiger partial charge in [0.2, 0.25) is 0 Å². The predicted molar refractivity (Wildman–Crippen MR) is 95.1 cm³/mol. The zero-order valence-corrected chi connectivity index (χ0v) is 14.0. The maximum Gasteiger partial charge on any atom is 0.325 e. The molecule has 3 aromatic rings. The summed E-state index contributed by atoms with van der Waals surface area (Å²) in [5.74, 6) is -0.968. The lowest BCUT2D eigenvalue weighted by atomic mass is 10.1. The standard InChI is InChI=1S/C18H17FN4O3/c1-2-26-15(24)10-21-18(25)23-17-13-8-12(19)5-6-14(13)22-16(17)11-4-3-7-20-9-11/h3-9,22H,2,10H2,1H3,(H2,21,23,25). The summed E-state index contributed by atoms with van der Waals surface area (Å²) >= 11 is 0. The molecule has 3 N–H and O–H groups in total. The van der Waals surface area contributed by atoms with Gasteiger partial charge in [-0.2, -0.15) is 0 Å². The highest BCUT2D eigenvalue weighted by atomic mass is 19.1. The number of hydrogen-bond donors (Lipinski definition) is 3. The molecule has 0 aliphatic carbocycles. The number of esters is 1. The van der Waals surface area contributed by atoms with Gasteiger partial charge in [-0.05, 0) is 37.3 Å². The van der Waals surface area contributed by atoms with Crippen molar-refractivity contribution in [1.29, 1.82) is 0 Å².